The van der Waals surface area contributed by atoms with E-state index in [1.54, 1.807) is 12.1 Å². The van der Waals surface area contributed by atoms with E-state index in [9.17, 15) is 19.5 Å². The molecular formula is C14H8N3O5-. The number of nitrogens with one attached hydrogen (secondary N) is 1. The summed E-state index contributed by atoms with van der Waals surface area (Å²) in [6, 6.07) is 4.68. The van der Waals surface area contributed by atoms with E-state index in [2.05, 4.69) is 15.3 Å². The van der Waals surface area contributed by atoms with Crippen LogP contribution in [0.2, 0.25) is 0 Å². The summed E-state index contributed by atoms with van der Waals surface area (Å²) < 4.78 is 4.86. The largest absolute Gasteiger partial charge is 0.543 e. The number of esters is 1. The second kappa shape index (κ2) is 5.24. The van der Waals surface area contributed by atoms with Crippen molar-refractivity contribution in [3.8, 4) is 0 Å². The van der Waals surface area contributed by atoms with Gasteiger partial charge in [-0.3, -0.25) is 9.78 Å². The normalized spacial score (nSPS) is 12.5. The maximum Gasteiger partial charge on any atom is 0.338 e. The average Bonchev–Trinajstić information content (AvgIpc) is 2.88. The van der Waals surface area contributed by atoms with Crippen molar-refractivity contribution in [3.05, 3.63) is 53.1 Å². The topological polar surface area (TPSA) is 121 Å². The van der Waals surface area contributed by atoms with E-state index in [4.69, 9.17) is 4.74 Å². The van der Waals surface area contributed by atoms with Crippen LogP contribution in [0.5, 0.6) is 0 Å². The molecule has 8 heteroatoms. The molecule has 0 fully saturated rings. The van der Waals surface area contributed by atoms with Crippen molar-refractivity contribution in [2.75, 3.05) is 5.32 Å². The number of amides is 1. The molecule has 2 aromatic rings. The Morgan fingerprint density at radius 1 is 1.18 bits per heavy atom. The zero-order valence-electron chi connectivity index (χ0n) is 11.0. The number of carboxylic acid groups (broad SMARTS) is 1. The molecule has 1 N–H and O–H groups in total. The van der Waals surface area contributed by atoms with Gasteiger partial charge in [0, 0.05) is 23.6 Å². The SMILES string of the molecule is O=C1OCc2ccc(NC(=O)c3nccnc3C(=O)[O-])cc21. The van der Waals surface area contributed by atoms with Gasteiger partial charge < -0.3 is 20.0 Å². The van der Waals surface area contributed by atoms with Crippen molar-refractivity contribution in [2.45, 2.75) is 6.61 Å². The van der Waals surface area contributed by atoms with Crippen molar-refractivity contribution in [1.82, 2.24) is 9.97 Å². The van der Waals surface area contributed by atoms with Gasteiger partial charge in [-0.15, -0.1) is 0 Å². The molecule has 2 heterocycles. The van der Waals surface area contributed by atoms with Crippen LogP contribution in [0.15, 0.2) is 30.6 Å². The number of hydrogen-bond donors (Lipinski definition) is 1. The Morgan fingerprint density at radius 2 is 1.91 bits per heavy atom. The second-order valence-electron chi connectivity index (χ2n) is 4.44. The van der Waals surface area contributed by atoms with Crippen LogP contribution >= 0.6 is 0 Å². The molecule has 1 aliphatic heterocycles. The third-order valence-corrected chi connectivity index (χ3v) is 3.05. The minimum Gasteiger partial charge on any atom is -0.543 e. The smallest absolute Gasteiger partial charge is 0.338 e. The third-order valence-electron chi connectivity index (χ3n) is 3.05. The summed E-state index contributed by atoms with van der Waals surface area (Å²) in [5.74, 6) is -2.84. The molecule has 1 aliphatic rings. The quantitative estimate of drug-likeness (QED) is 0.776. The Labute approximate surface area is 123 Å². The minimum atomic E-state index is -1.60. The molecule has 0 atom stereocenters. The Hall–Kier alpha value is -3.29. The number of hydrogen-bond acceptors (Lipinski definition) is 7. The molecule has 0 saturated carbocycles. The molecule has 0 bridgehead atoms. The number of cyclic esters (lactones) is 1. The van der Waals surface area contributed by atoms with Gasteiger partial charge in [0.2, 0.25) is 0 Å². The summed E-state index contributed by atoms with van der Waals surface area (Å²) in [4.78, 5) is 41.7. The number of aromatic nitrogens is 2. The Morgan fingerprint density at radius 3 is 2.64 bits per heavy atom. The van der Waals surface area contributed by atoms with E-state index in [-0.39, 0.29) is 12.3 Å². The number of nitrogens with zero attached hydrogens (tertiary/aromatic N) is 2. The summed E-state index contributed by atoms with van der Waals surface area (Å²) in [7, 11) is 0. The lowest BCUT2D eigenvalue weighted by molar-refractivity contribution is -0.255. The number of carbonyl (C=O) groups is 3. The monoisotopic (exact) mass is 298 g/mol. The van der Waals surface area contributed by atoms with Crippen molar-refractivity contribution in [3.63, 3.8) is 0 Å². The minimum absolute atomic E-state index is 0.196. The van der Waals surface area contributed by atoms with Gasteiger partial charge in [-0.05, 0) is 12.1 Å². The number of anilines is 1. The van der Waals surface area contributed by atoms with E-state index >= 15 is 0 Å². The molecule has 1 amide bonds. The fourth-order valence-electron chi connectivity index (χ4n) is 2.04. The van der Waals surface area contributed by atoms with Crippen LogP contribution in [0, 0.1) is 0 Å². The van der Waals surface area contributed by atoms with E-state index in [0.717, 1.165) is 11.8 Å². The lowest BCUT2D eigenvalue weighted by Gasteiger charge is -2.09. The first-order chi connectivity index (χ1) is 10.6. The van der Waals surface area contributed by atoms with E-state index < -0.39 is 23.5 Å². The van der Waals surface area contributed by atoms with Crippen LogP contribution in [0.3, 0.4) is 0 Å². The van der Waals surface area contributed by atoms with Gasteiger partial charge in [0.1, 0.15) is 12.3 Å². The predicted octanol–water partition coefficient (Wildman–Crippen LogP) is -0.237. The van der Waals surface area contributed by atoms with Crippen molar-refractivity contribution in [1.29, 1.82) is 0 Å². The molecule has 110 valence electrons. The molecule has 0 unspecified atom stereocenters. The molecule has 1 aromatic carbocycles. The number of aromatic carboxylic acids is 1. The highest BCUT2D eigenvalue weighted by atomic mass is 16.5. The lowest BCUT2D eigenvalue weighted by Crippen LogP contribution is -2.28. The summed E-state index contributed by atoms with van der Waals surface area (Å²) in [5.41, 5.74) is 0.471. The molecule has 0 aliphatic carbocycles. The maximum atomic E-state index is 12.1. The van der Waals surface area contributed by atoms with E-state index in [0.29, 0.717) is 11.3 Å². The fourth-order valence-corrected chi connectivity index (χ4v) is 2.04. The van der Waals surface area contributed by atoms with E-state index in [1.165, 1.54) is 12.3 Å². The number of benzene rings is 1. The highest BCUT2D eigenvalue weighted by molar-refractivity contribution is 6.08. The van der Waals surface area contributed by atoms with Gasteiger partial charge in [-0.1, -0.05) is 6.07 Å². The fraction of sp³-hybridized carbons (Fsp3) is 0.0714. The molecule has 0 spiro atoms. The Bertz CT molecular complexity index is 803. The first-order valence-corrected chi connectivity index (χ1v) is 6.20. The van der Waals surface area contributed by atoms with Crippen molar-refractivity contribution < 1.29 is 24.2 Å². The Balaban J connectivity index is 1.88. The zero-order valence-corrected chi connectivity index (χ0v) is 11.0. The van der Waals surface area contributed by atoms with Gasteiger partial charge in [0.25, 0.3) is 5.91 Å². The van der Waals surface area contributed by atoms with Gasteiger partial charge in [-0.2, -0.15) is 0 Å². The maximum absolute atomic E-state index is 12.1. The second-order valence-corrected chi connectivity index (χ2v) is 4.44. The summed E-state index contributed by atoms with van der Waals surface area (Å²) >= 11 is 0. The van der Waals surface area contributed by atoms with E-state index in [1.807, 2.05) is 0 Å². The van der Waals surface area contributed by atoms with Gasteiger partial charge in [0.05, 0.1) is 11.5 Å². The first kappa shape index (κ1) is 13.7. The lowest BCUT2D eigenvalue weighted by atomic mass is 10.1. The molecule has 22 heavy (non-hydrogen) atoms. The molecule has 3 rings (SSSR count). The van der Waals surface area contributed by atoms with Gasteiger partial charge >= 0.3 is 5.97 Å². The molecule has 1 aromatic heterocycles. The standard InChI is InChI=1S/C14H9N3O5/c18-12(10-11(13(19)20)16-4-3-15-10)17-8-2-1-7-6-22-14(21)9(7)5-8/h1-5H,6H2,(H,17,18)(H,19,20)/p-1. The summed E-state index contributed by atoms with van der Waals surface area (Å²) in [6.07, 6.45) is 2.34. The highest BCUT2D eigenvalue weighted by Crippen LogP contribution is 2.23. The number of carboxylic acids is 1. The molecular weight excluding hydrogens is 290 g/mol. The number of rotatable bonds is 3. The molecule has 0 saturated heterocycles. The zero-order chi connectivity index (χ0) is 15.7. The van der Waals surface area contributed by atoms with Crippen LogP contribution in [0.1, 0.15) is 36.9 Å². The van der Waals surface area contributed by atoms with Crippen molar-refractivity contribution >= 4 is 23.5 Å². The van der Waals surface area contributed by atoms with Crippen LogP contribution < -0.4 is 10.4 Å². The van der Waals surface area contributed by atoms with Crippen LogP contribution in [0.25, 0.3) is 0 Å². The van der Waals surface area contributed by atoms with Crippen LogP contribution in [-0.2, 0) is 11.3 Å². The number of ether oxygens (including phenoxy) is 1. The predicted molar refractivity (Wildman–Crippen MR) is 69.9 cm³/mol. The van der Waals surface area contributed by atoms with Gasteiger partial charge in [-0.25, -0.2) is 9.78 Å². The summed E-state index contributed by atoms with van der Waals surface area (Å²) in [5, 5.41) is 13.4. The third kappa shape index (κ3) is 2.37. The Kier molecular flexibility index (Phi) is 3.26. The molecule has 8 nitrogen and oxygen atoms in total. The average molecular weight is 298 g/mol. The van der Waals surface area contributed by atoms with Crippen LogP contribution in [0.4, 0.5) is 5.69 Å². The molecule has 0 radical (unpaired) electrons. The van der Waals surface area contributed by atoms with Gasteiger partial charge in [0.15, 0.2) is 5.69 Å². The van der Waals surface area contributed by atoms with Crippen LogP contribution in [-0.4, -0.2) is 27.8 Å². The number of carbonyl (C=O) groups excluding carboxylic acids is 3. The number of fused-ring (bicyclic) bond motifs is 1. The van der Waals surface area contributed by atoms with Crippen molar-refractivity contribution in [2.24, 2.45) is 0 Å². The summed E-state index contributed by atoms with van der Waals surface area (Å²) in [6.45, 7) is 0.196. The highest BCUT2D eigenvalue weighted by Gasteiger charge is 2.22. The first-order valence-electron chi connectivity index (χ1n) is 6.20.